The number of aromatic amines is 1. The molecule has 0 saturated heterocycles. The number of benzene rings is 1. The standard InChI is InChI=1S/C23H23N3O3/c1-4-12-5-6-16-13(7-12)8-14(22(28)26-16)19-15(11-24)21(25)29-18-10-23(2,3)9-17(27)20(18)19/h5-8,19H,4,9-10,25H2,1-3H3,(H,26,28)/t19-/m0/s1. The van der Waals surface area contributed by atoms with Gasteiger partial charge in [0.2, 0.25) is 5.88 Å². The number of carbonyl (C=O) groups excluding carboxylic acids is 1. The number of ketones is 1. The van der Waals surface area contributed by atoms with Crippen molar-refractivity contribution < 1.29 is 9.53 Å². The average molecular weight is 389 g/mol. The Morgan fingerprint density at radius 3 is 2.72 bits per heavy atom. The number of Topliss-reactive ketones (excluding diaryl/α,β-unsaturated/α-hetero) is 1. The fourth-order valence-corrected chi connectivity index (χ4v) is 4.30. The number of fused-ring (bicyclic) bond motifs is 1. The predicted octanol–water partition coefficient (Wildman–Crippen LogP) is 3.54. The lowest BCUT2D eigenvalue weighted by Crippen LogP contribution is -2.35. The third kappa shape index (κ3) is 3.13. The molecule has 1 aliphatic carbocycles. The van der Waals surface area contributed by atoms with Crippen LogP contribution in [0.15, 0.2) is 51.8 Å². The Bertz CT molecular complexity index is 1210. The van der Waals surface area contributed by atoms with E-state index in [0.29, 0.717) is 35.3 Å². The minimum Gasteiger partial charge on any atom is -0.444 e. The van der Waals surface area contributed by atoms with Gasteiger partial charge >= 0.3 is 0 Å². The molecular formula is C23H23N3O3. The van der Waals surface area contributed by atoms with E-state index in [1.165, 1.54) is 0 Å². The van der Waals surface area contributed by atoms with Gasteiger partial charge in [-0.1, -0.05) is 26.8 Å². The molecule has 0 unspecified atom stereocenters. The zero-order chi connectivity index (χ0) is 20.9. The number of nitriles is 1. The van der Waals surface area contributed by atoms with Crippen LogP contribution in [-0.2, 0) is 16.0 Å². The zero-order valence-electron chi connectivity index (χ0n) is 16.8. The zero-order valence-corrected chi connectivity index (χ0v) is 16.8. The highest BCUT2D eigenvalue weighted by Crippen LogP contribution is 2.47. The second-order valence-corrected chi connectivity index (χ2v) is 8.53. The number of nitrogens with two attached hydrogens (primary N) is 1. The minimum absolute atomic E-state index is 0.0384. The summed E-state index contributed by atoms with van der Waals surface area (Å²) in [4.78, 5) is 28.9. The van der Waals surface area contributed by atoms with Crippen molar-refractivity contribution in [2.24, 2.45) is 11.1 Å². The van der Waals surface area contributed by atoms with Crippen molar-refractivity contribution >= 4 is 16.7 Å². The average Bonchev–Trinajstić information content (AvgIpc) is 2.65. The summed E-state index contributed by atoms with van der Waals surface area (Å²) < 4.78 is 5.70. The van der Waals surface area contributed by atoms with Crippen LogP contribution in [0.3, 0.4) is 0 Å². The van der Waals surface area contributed by atoms with Gasteiger partial charge in [-0.3, -0.25) is 9.59 Å². The first-order chi connectivity index (χ1) is 13.7. The Morgan fingerprint density at radius 2 is 2.03 bits per heavy atom. The van der Waals surface area contributed by atoms with Crippen molar-refractivity contribution in [1.82, 2.24) is 4.98 Å². The van der Waals surface area contributed by atoms with E-state index in [4.69, 9.17) is 10.5 Å². The normalized spacial score (nSPS) is 21.0. The van der Waals surface area contributed by atoms with Gasteiger partial charge in [-0.05, 0) is 41.0 Å². The molecule has 0 saturated carbocycles. The predicted molar refractivity (Wildman–Crippen MR) is 110 cm³/mol. The van der Waals surface area contributed by atoms with Gasteiger partial charge in [0.25, 0.3) is 5.56 Å². The van der Waals surface area contributed by atoms with Crippen LogP contribution < -0.4 is 11.3 Å². The van der Waals surface area contributed by atoms with Gasteiger partial charge < -0.3 is 15.5 Å². The number of nitrogens with zero attached hydrogens (tertiary/aromatic N) is 1. The lowest BCUT2D eigenvalue weighted by atomic mass is 9.70. The molecule has 2 heterocycles. The Balaban J connectivity index is 1.97. The molecule has 29 heavy (non-hydrogen) atoms. The van der Waals surface area contributed by atoms with Gasteiger partial charge in [-0.2, -0.15) is 5.26 Å². The van der Waals surface area contributed by atoms with Crippen LogP contribution >= 0.6 is 0 Å². The highest BCUT2D eigenvalue weighted by atomic mass is 16.5. The first-order valence-corrected chi connectivity index (χ1v) is 9.74. The van der Waals surface area contributed by atoms with Crippen LogP contribution in [-0.4, -0.2) is 10.8 Å². The van der Waals surface area contributed by atoms with E-state index < -0.39 is 5.92 Å². The number of rotatable bonds is 2. The lowest BCUT2D eigenvalue weighted by molar-refractivity contribution is -0.119. The molecule has 0 amide bonds. The first kappa shape index (κ1) is 19.0. The third-order valence-electron chi connectivity index (χ3n) is 5.73. The summed E-state index contributed by atoms with van der Waals surface area (Å²) >= 11 is 0. The van der Waals surface area contributed by atoms with E-state index in [1.54, 1.807) is 6.07 Å². The number of hydrogen-bond donors (Lipinski definition) is 2. The van der Waals surface area contributed by atoms with Crippen molar-refractivity contribution in [2.45, 2.75) is 46.0 Å². The molecule has 6 nitrogen and oxygen atoms in total. The SMILES string of the molecule is CCc1ccc2[nH]c(=O)c([C@H]3C(C#N)=C(N)OC4=C3C(=O)CC(C)(C)C4)cc2c1. The first-order valence-electron chi connectivity index (χ1n) is 9.74. The summed E-state index contributed by atoms with van der Waals surface area (Å²) in [5.41, 5.74) is 8.11. The molecule has 1 aromatic carbocycles. The molecule has 1 aromatic heterocycles. The van der Waals surface area contributed by atoms with E-state index in [0.717, 1.165) is 17.4 Å². The molecule has 148 valence electrons. The molecule has 0 bridgehead atoms. The van der Waals surface area contributed by atoms with Crippen LogP contribution in [0, 0.1) is 16.7 Å². The summed E-state index contributed by atoms with van der Waals surface area (Å²) in [6.45, 7) is 6.03. The largest absolute Gasteiger partial charge is 0.444 e. The summed E-state index contributed by atoms with van der Waals surface area (Å²) in [6.07, 6.45) is 1.71. The van der Waals surface area contributed by atoms with E-state index in [2.05, 4.69) is 18.0 Å². The Morgan fingerprint density at radius 1 is 1.28 bits per heavy atom. The number of aryl methyl sites for hydroxylation is 1. The van der Waals surface area contributed by atoms with Crippen LogP contribution in [0.1, 0.15) is 50.7 Å². The molecule has 2 aliphatic rings. The van der Waals surface area contributed by atoms with Crippen molar-refractivity contribution in [3.05, 3.63) is 68.5 Å². The van der Waals surface area contributed by atoms with Crippen LogP contribution in [0.4, 0.5) is 0 Å². The highest BCUT2D eigenvalue weighted by molar-refractivity contribution is 6.00. The monoisotopic (exact) mass is 389 g/mol. The van der Waals surface area contributed by atoms with E-state index in [-0.39, 0.29) is 28.2 Å². The molecule has 0 fully saturated rings. The minimum atomic E-state index is -0.814. The maximum Gasteiger partial charge on any atom is 0.252 e. The van der Waals surface area contributed by atoms with Gasteiger partial charge in [-0.15, -0.1) is 0 Å². The van der Waals surface area contributed by atoms with E-state index in [9.17, 15) is 14.9 Å². The molecule has 4 rings (SSSR count). The maximum atomic E-state index is 13.0. The summed E-state index contributed by atoms with van der Waals surface area (Å²) in [5, 5.41) is 10.6. The van der Waals surface area contributed by atoms with Crippen molar-refractivity contribution in [3.63, 3.8) is 0 Å². The molecule has 1 aliphatic heterocycles. The van der Waals surface area contributed by atoms with Gasteiger partial charge in [0.05, 0.1) is 5.92 Å². The van der Waals surface area contributed by atoms with Gasteiger partial charge in [0, 0.05) is 29.5 Å². The van der Waals surface area contributed by atoms with Crippen molar-refractivity contribution in [3.8, 4) is 6.07 Å². The summed E-state index contributed by atoms with van der Waals surface area (Å²) in [7, 11) is 0. The number of allylic oxidation sites excluding steroid dienone is 3. The van der Waals surface area contributed by atoms with Crippen LogP contribution in [0.2, 0.25) is 0 Å². The molecule has 1 atom stereocenters. The van der Waals surface area contributed by atoms with E-state index >= 15 is 0 Å². The molecule has 0 radical (unpaired) electrons. The van der Waals surface area contributed by atoms with Crippen molar-refractivity contribution in [1.29, 1.82) is 5.26 Å². The molecule has 2 aromatic rings. The lowest BCUT2D eigenvalue weighted by Gasteiger charge is -2.37. The quantitative estimate of drug-likeness (QED) is 0.816. The number of nitrogens with one attached hydrogen (secondary N) is 1. The second-order valence-electron chi connectivity index (χ2n) is 8.53. The number of H-pyrrole nitrogens is 1. The van der Waals surface area contributed by atoms with Gasteiger partial charge in [0.15, 0.2) is 5.78 Å². The van der Waals surface area contributed by atoms with Gasteiger partial charge in [-0.25, -0.2) is 0 Å². The van der Waals surface area contributed by atoms with Crippen molar-refractivity contribution in [2.75, 3.05) is 0 Å². The summed E-state index contributed by atoms with van der Waals surface area (Å²) in [5.74, 6) is -0.493. The Hall–Kier alpha value is -3.33. The maximum absolute atomic E-state index is 13.0. The molecule has 6 heteroatoms. The second kappa shape index (κ2) is 6.63. The smallest absolute Gasteiger partial charge is 0.252 e. The highest BCUT2D eigenvalue weighted by Gasteiger charge is 2.43. The Kier molecular flexibility index (Phi) is 4.34. The number of aromatic nitrogens is 1. The fraction of sp³-hybridized carbons (Fsp3) is 0.348. The topological polar surface area (TPSA) is 109 Å². The number of ether oxygens (including phenoxy) is 1. The number of hydrogen-bond acceptors (Lipinski definition) is 5. The third-order valence-corrected chi connectivity index (χ3v) is 5.73. The molecule has 0 spiro atoms. The summed E-state index contributed by atoms with van der Waals surface area (Å²) in [6, 6.07) is 9.69. The molecular weight excluding hydrogens is 366 g/mol. The van der Waals surface area contributed by atoms with Gasteiger partial charge in [0.1, 0.15) is 17.4 Å². The Labute approximate surface area is 168 Å². The number of pyridine rings is 1. The van der Waals surface area contributed by atoms with Crippen LogP contribution in [0.5, 0.6) is 0 Å². The van der Waals surface area contributed by atoms with Crippen LogP contribution in [0.25, 0.3) is 10.9 Å². The number of carbonyl (C=O) groups is 1. The fourth-order valence-electron chi connectivity index (χ4n) is 4.30. The molecule has 3 N–H and O–H groups in total. The van der Waals surface area contributed by atoms with E-state index in [1.807, 2.05) is 32.0 Å².